The van der Waals surface area contributed by atoms with E-state index in [0.29, 0.717) is 0 Å². The molecule has 5 heteroatoms. The number of amides is 2. The summed E-state index contributed by atoms with van der Waals surface area (Å²) in [6.45, 7) is 1.11. The fourth-order valence-corrected chi connectivity index (χ4v) is 4.46. The fraction of sp³-hybridized carbons (Fsp3) is 0.632. The second-order valence-electron chi connectivity index (χ2n) is 7.15. The molecule has 0 atom stereocenters. The van der Waals surface area contributed by atoms with Gasteiger partial charge in [-0.3, -0.25) is 4.72 Å². The van der Waals surface area contributed by atoms with Gasteiger partial charge in [-0.15, -0.1) is 0 Å². The van der Waals surface area contributed by atoms with Crippen LogP contribution in [0.15, 0.2) is 6.07 Å². The number of urea groups is 1. The highest BCUT2D eigenvalue weighted by atomic mass is 32.2. The molecule has 132 valence electrons. The molecule has 1 aromatic carbocycles. The quantitative estimate of drug-likeness (QED) is 0.583. The van der Waals surface area contributed by atoms with Gasteiger partial charge in [0.25, 0.3) is 0 Å². The minimum absolute atomic E-state index is 0.0676. The predicted octanol–water partition coefficient (Wildman–Crippen LogP) is 3.78. The Morgan fingerprint density at radius 1 is 1.08 bits per heavy atom. The molecule has 0 radical (unpaired) electrons. The van der Waals surface area contributed by atoms with Crippen molar-refractivity contribution in [2.24, 2.45) is 0 Å². The molecule has 2 amide bonds. The number of nitrogens with one attached hydrogen (secondary N) is 2. The number of benzene rings is 1. The van der Waals surface area contributed by atoms with E-state index < -0.39 is 0 Å². The van der Waals surface area contributed by atoms with Crippen LogP contribution >= 0.6 is 11.9 Å². The van der Waals surface area contributed by atoms with Crippen molar-refractivity contribution in [2.75, 3.05) is 31.7 Å². The van der Waals surface area contributed by atoms with E-state index in [1.54, 1.807) is 0 Å². The lowest BCUT2D eigenvalue weighted by Crippen LogP contribution is -2.25. The number of fused-ring (bicyclic) bond motifs is 2. The first-order valence-corrected chi connectivity index (χ1v) is 10.1. The second-order valence-corrected chi connectivity index (χ2v) is 8.05. The van der Waals surface area contributed by atoms with Gasteiger partial charge in [0, 0.05) is 11.4 Å². The molecule has 0 saturated carbocycles. The Bertz CT molecular complexity index is 569. The summed E-state index contributed by atoms with van der Waals surface area (Å²) in [7, 11) is 4.19. The number of carbonyl (C=O) groups is 1. The third kappa shape index (κ3) is 4.25. The molecule has 0 bridgehead atoms. The second kappa shape index (κ2) is 8.26. The normalized spacial score (nSPS) is 15.5. The standard InChI is InChI=1S/C19H29N3OS/c1-22(2)11-3-4-12-24-21-19(23)20-18-16-9-5-7-14(16)13-15-8-6-10-17(15)18/h13H,3-12H2,1-2H3,(H2,20,21,23). The zero-order valence-electron chi connectivity index (χ0n) is 14.9. The summed E-state index contributed by atoms with van der Waals surface area (Å²) in [4.78, 5) is 14.5. The highest BCUT2D eigenvalue weighted by Crippen LogP contribution is 2.38. The van der Waals surface area contributed by atoms with Crippen molar-refractivity contribution in [2.45, 2.75) is 51.4 Å². The zero-order valence-corrected chi connectivity index (χ0v) is 15.7. The van der Waals surface area contributed by atoms with Crippen molar-refractivity contribution >= 4 is 23.7 Å². The Balaban J connectivity index is 1.52. The van der Waals surface area contributed by atoms with Crippen LogP contribution in [-0.2, 0) is 25.7 Å². The van der Waals surface area contributed by atoms with Crippen molar-refractivity contribution in [3.8, 4) is 0 Å². The van der Waals surface area contributed by atoms with E-state index in [1.165, 1.54) is 66.3 Å². The van der Waals surface area contributed by atoms with Gasteiger partial charge in [0.05, 0.1) is 0 Å². The van der Waals surface area contributed by atoms with E-state index >= 15 is 0 Å². The first-order valence-electron chi connectivity index (χ1n) is 9.15. The predicted molar refractivity (Wildman–Crippen MR) is 103 cm³/mol. The van der Waals surface area contributed by atoms with Crippen LogP contribution in [0, 0.1) is 0 Å². The van der Waals surface area contributed by atoms with Crippen molar-refractivity contribution in [3.63, 3.8) is 0 Å². The number of nitrogens with zero attached hydrogens (tertiary/aromatic N) is 1. The number of carbonyl (C=O) groups excluding carboxylic acids is 1. The molecule has 0 unspecified atom stereocenters. The fourth-order valence-electron chi connectivity index (χ4n) is 3.83. The van der Waals surface area contributed by atoms with Crippen LogP contribution in [0.1, 0.15) is 47.9 Å². The summed E-state index contributed by atoms with van der Waals surface area (Å²) in [5.74, 6) is 0.965. The Kier molecular flexibility index (Phi) is 6.06. The zero-order chi connectivity index (χ0) is 16.9. The lowest BCUT2D eigenvalue weighted by molar-refractivity contribution is 0.257. The smallest absolute Gasteiger partial charge is 0.309 e. The van der Waals surface area contributed by atoms with Crippen molar-refractivity contribution in [3.05, 3.63) is 28.3 Å². The third-order valence-corrected chi connectivity index (χ3v) is 5.80. The van der Waals surface area contributed by atoms with E-state index in [-0.39, 0.29) is 6.03 Å². The average molecular weight is 348 g/mol. The molecule has 0 spiro atoms. The Morgan fingerprint density at radius 3 is 2.38 bits per heavy atom. The van der Waals surface area contributed by atoms with Gasteiger partial charge in [0.15, 0.2) is 0 Å². The molecule has 0 aliphatic heterocycles. The molecule has 0 saturated heterocycles. The molecular formula is C19H29N3OS. The maximum atomic E-state index is 12.3. The summed E-state index contributed by atoms with van der Waals surface area (Å²) in [5.41, 5.74) is 6.83. The summed E-state index contributed by atoms with van der Waals surface area (Å²) in [6.07, 6.45) is 9.28. The molecule has 2 N–H and O–H groups in total. The molecule has 4 nitrogen and oxygen atoms in total. The van der Waals surface area contributed by atoms with Crippen LogP contribution < -0.4 is 10.0 Å². The number of hydrogen-bond acceptors (Lipinski definition) is 3. The summed E-state index contributed by atoms with van der Waals surface area (Å²) < 4.78 is 2.95. The molecule has 24 heavy (non-hydrogen) atoms. The highest BCUT2D eigenvalue weighted by Gasteiger charge is 2.24. The van der Waals surface area contributed by atoms with Gasteiger partial charge >= 0.3 is 6.03 Å². The van der Waals surface area contributed by atoms with Gasteiger partial charge in [-0.25, -0.2) is 4.79 Å². The summed E-state index contributed by atoms with van der Waals surface area (Å²) >= 11 is 1.52. The number of unbranched alkanes of at least 4 members (excludes halogenated alkanes) is 1. The lowest BCUT2D eigenvalue weighted by Gasteiger charge is -2.16. The van der Waals surface area contributed by atoms with Crippen molar-refractivity contribution in [1.29, 1.82) is 0 Å². The first kappa shape index (κ1) is 17.6. The molecule has 0 aromatic heterocycles. The molecule has 0 heterocycles. The van der Waals surface area contributed by atoms with Crippen molar-refractivity contribution < 1.29 is 4.79 Å². The van der Waals surface area contributed by atoms with Crippen LogP contribution in [0.4, 0.5) is 10.5 Å². The van der Waals surface area contributed by atoms with E-state index in [9.17, 15) is 4.79 Å². The van der Waals surface area contributed by atoms with E-state index in [1.807, 2.05) is 0 Å². The minimum Gasteiger partial charge on any atom is -0.309 e. The van der Waals surface area contributed by atoms with E-state index in [4.69, 9.17) is 0 Å². The van der Waals surface area contributed by atoms with E-state index in [0.717, 1.165) is 37.2 Å². The molecule has 1 aromatic rings. The topological polar surface area (TPSA) is 44.4 Å². The molecule has 3 rings (SSSR count). The highest BCUT2D eigenvalue weighted by molar-refractivity contribution is 7.97. The number of aryl methyl sites for hydroxylation is 2. The lowest BCUT2D eigenvalue weighted by atomic mass is 9.99. The summed E-state index contributed by atoms with van der Waals surface area (Å²) in [5, 5.41) is 3.17. The van der Waals surface area contributed by atoms with Gasteiger partial charge in [0.2, 0.25) is 0 Å². The van der Waals surface area contributed by atoms with Gasteiger partial charge in [-0.05, 0) is 106 Å². The average Bonchev–Trinajstić information content (AvgIpc) is 3.18. The van der Waals surface area contributed by atoms with Crippen LogP contribution in [0.25, 0.3) is 0 Å². The van der Waals surface area contributed by atoms with Gasteiger partial charge < -0.3 is 10.2 Å². The first-order chi connectivity index (χ1) is 11.6. The number of anilines is 1. The molecule has 2 aliphatic rings. The SMILES string of the molecule is CN(C)CCCCSNC(=O)Nc1c2c(cc3c1CCC3)CCC2. The van der Waals surface area contributed by atoms with Gasteiger partial charge in [-0.2, -0.15) is 0 Å². The minimum atomic E-state index is -0.0676. The van der Waals surface area contributed by atoms with Crippen LogP contribution in [0.2, 0.25) is 0 Å². The Morgan fingerprint density at radius 2 is 1.75 bits per heavy atom. The van der Waals surface area contributed by atoms with Gasteiger partial charge in [-0.1, -0.05) is 6.07 Å². The Labute approximate surface area is 149 Å². The van der Waals surface area contributed by atoms with Crippen LogP contribution in [-0.4, -0.2) is 37.3 Å². The molecule has 0 fully saturated rings. The number of hydrogen-bond donors (Lipinski definition) is 2. The maximum absolute atomic E-state index is 12.3. The summed E-state index contributed by atoms with van der Waals surface area (Å²) in [6, 6.07) is 2.33. The Hall–Kier alpha value is -1.20. The monoisotopic (exact) mass is 347 g/mol. The number of rotatable bonds is 7. The van der Waals surface area contributed by atoms with Gasteiger partial charge in [0.1, 0.15) is 0 Å². The van der Waals surface area contributed by atoms with Crippen LogP contribution in [0.3, 0.4) is 0 Å². The third-order valence-electron chi connectivity index (χ3n) is 4.98. The largest absolute Gasteiger partial charge is 0.329 e. The molecular weight excluding hydrogens is 318 g/mol. The van der Waals surface area contributed by atoms with Crippen LogP contribution in [0.5, 0.6) is 0 Å². The molecule has 2 aliphatic carbocycles. The maximum Gasteiger partial charge on any atom is 0.329 e. The van der Waals surface area contributed by atoms with Crippen molar-refractivity contribution in [1.82, 2.24) is 9.62 Å². The van der Waals surface area contributed by atoms with E-state index in [2.05, 4.69) is 35.1 Å².